The lowest BCUT2D eigenvalue weighted by Crippen LogP contribution is -2.41. The molecule has 0 bridgehead atoms. The summed E-state index contributed by atoms with van der Waals surface area (Å²) in [7, 11) is 2.04. The molecule has 1 saturated carbocycles. The number of nitrogens with two attached hydrogens (primary N) is 1. The van der Waals surface area contributed by atoms with Gasteiger partial charge in [-0.1, -0.05) is 26.0 Å². The van der Waals surface area contributed by atoms with Crippen LogP contribution >= 0.6 is 0 Å². The summed E-state index contributed by atoms with van der Waals surface area (Å²) in [6.07, 6.45) is 4.80. The molecule has 0 atom stereocenters. The van der Waals surface area contributed by atoms with Gasteiger partial charge in [0.25, 0.3) is 0 Å². The Morgan fingerprint density at radius 2 is 1.95 bits per heavy atom. The molecule has 0 heterocycles. The number of benzene rings is 1. The number of rotatable bonds is 4. The SMILES string of the molecule is CN(CC(=O)Nc1ccccc1N)C1CCC(C)(C)CC1. The molecule has 2 rings (SSSR count). The van der Waals surface area contributed by atoms with Gasteiger partial charge in [-0.3, -0.25) is 9.69 Å². The van der Waals surface area contributed by atoms with Crippen LogP contribution in [0, 0.1) is 5.41 Å². The van der Waals surface area contributed by atoms with Crippen LogP contribution < -0.4 is 11.1 Å². The average Bonchev–Trinajstić information content (AvgIpc) is 2.41. The van der Waals surface area contributed by atoms with Gasteiger partial charge >= 0.3 is 0 Å². The van der Waals surface area contributed by atoms with Crippen LogP contribution in [-0.2, 0) is 4.79 Å². The third-order valence-electron chi connectivity index (χ3n) is 4.56. The minimum absolute atomic E-state index is 0.000216. The van der Waals surface area contributed by atoms with Gasteiger partial charge in [0, 0.05) is 6.04 Å². The molecule has 0 unspecified atom stereocenters. The fraction of sp³-hybridized carbons (Fsp3) is 0.588. The van der Waals surface area contributed by atoms with Crippen molar-refractivity contribution in [1.29, 1.82) is 0 Å². The fourth-order valence-corrected chi connectivity index (χ4v) is 2.98. The molecule has 0 saturated heterocycles. The number of anilines is 2. The lowest BCUT2D eigenvalue weighted by atomic mass is 9.75. The molecule has 116 valence electrons. The standard InChI is InChI=1S/C17H27N3O/c1-17(2)10-8-13(9-11-17)20(3)12-16(21)19-15-7-5-4-6-14(15)18/h4-7,13H,8-12,18H2,1-3H3,(H,19,21). The van der Waals surface area contributed by atoms with Crippen LogP contribution in [0.25, 0.3) is 0 Å². The number of hydrogen-bond donors (Lipinski definition) is 2. The van der Waals surface area contributed by atoms with Crippen LogP contribution in [-0.4, -0.2) is 30.4 Å². The number of para-hydroxylation sites is 2. The Hall–Kier alpha value is -1.55. The van der Waals surface area contributed by atoms with Gasteiger partial charge in [-0.05, 0) is 50.3 Å². The number of nitrogens with zero attached hydrogens (tertiary/aromatic N) is 1. The number of nitrogens with one attached hydrogen (secondary N) is 1. The van der Waals surface area contributed by atoms with Crippen LogP contribution in [0.15, 0.2) is 24.3 Å². The Balaban J connectivity index is 1.84. The molecule has 1 aliphatic rings. The van der Waals surface area contributed by atoms with Gasteiger partial charge in [-0.15, -0.1) is 0 Å². The zero-order chi connectivity index (χ0) is 15.5. The second kappa shape index (κ2) is 6.48. The summed E-state index contributed by atoms with van der Waals surface area (Å²) >= 11 is 0. The quantitative estimate of drug-likeness (QED) is 0.837. The van der Waals surface area contributed by atoms with Crippen LogP contribution in [0.3, 0.4) is 0 Å². The summed E-state index contributed by atoms with van der Waals surface area (Å²) in [6, 6.07) is 7.87. The normalized spacial score (nSPS) is 18.7. The van der Waals surface area contributed by atoms with Gasteiger partial charge in [-0.25, -0.2) is 0 Å². The first kappa shape index (κ1) is 15.8. The van der Waals surface area contributed by atoms with Gasteiger partial charge in [0.15, 0.2) is 0 Å². The number of nitrogen functional groups attached to an aromatic ring is 1. The van der Waals surface area contributed by atoms with Crippen LogP contribution in [0.4, 0.5) is 11.4 Å². The monoisotopic (exact) mass is 289 g/mol. The first-order valence-electron chi connectivity index (χ1n) is 7.72. The number of likely N-dealkylation sites (N-methyl/N-ethyl adjacent to an activating group) is 1. The van der Waals surface area contributed by atoms with Crippen molar-refractivity contribution in [3.8, 4) is 0 Å². The minimum Gasteiger partial charge on any atom is -0.397 e. The first-order chi connectivity index (χ1) is 9.87. The van der Waals surface area contributed by atoms with Crippen molar-refractivity contribution < 1.29 is 4.79 Å². The molecular weight excluding hydrogens is 262 g/mol. The molecule has 1 amide bonds. The highest BCUT2D eigenvalue weighted by Gasteiger charge is 2.29. The highest BCUT2D eigenvalue weighted by Crippen LogP contribution is 2.36. The van der Waals surface area contributed by atoms with E-state index in [4.69, 9.17) is 5.73 Å². The molecular formula is C17H27N3O. The van der Waals surface area contributed by atoms with E-state index in [0.29, 0.717) is 29.4 Å². The van der Waals surface area contributed by atoms with E-state index >= 15 is 0 Å². The first-order valence-corrected chi connectivity index (χ1v) is 7.72. The van der Waals surface area contributed by atoms with Crippen molar-refractivity contribution in [2.24, 2.45) is 5.41 Å². The maximum atomic E-state index is 12.1. The van der Waals surface area contributed by atoms with Crippen molar-refractivity contribution in [3.63, 3.8) is 0 Å². The Labute approximate surface area is 127 Å². The number of carbonyl (C=O) groups is 1. The summed E-state index contributed by atoms with van der Waals surface area (Å²) in [5.74, 6) is 0.000216. The molecule has 1 aliphatic carbocycles. The second-order valence-electron chi connectivity index (χ2n) is 6.95. The summed E-state index contributed by atoms with van der Waals surface area (Å²) in [5, 5.41) is 2.89. The summed E-state index contributed by atoms with van der Waals surface area (Å²) < 4.78 is 0. The van der Waals surface area contributed by atoms with E-state index in [9.17, 15) is 4.79 Å². The van der Waals surface area contributed by atoms with Gasteiger partial charge < -0.3 is 11.1 Å². The van der Waals surface area contributed by atoms with Gasteiger partial charge in [0.1, 0.15) is 0 Å². The average molecular weight is 289 g/mol. The number of amides is 1. The molecule has 1 aromatic rings. The number of carbonyl (C=O) groups excluding carboxylic acids is 1. The maximum absolute atomic E-state index is 12.1. The topological polar surface area (TPSA) is 58.4 Å². The van der Waals surface area contributed by atoms with E-state index in [1.165, 1.54) is 25.7 Å². The smallest absolute Gasteiger partial charge is 0.238 e. The van der Waals surface area contributed by atoms with Crippen molar-refractivity contribution in [3.05, 3.63) is 24.3 Å². The Morgan fingerprint density at radius 3 is 2.57 bits per heavy atom. The van der Waals surface area contributed by atoms with E-state index in [1.54, 1.807) is 6.07 Å². The summed E-state index contributed by atoms with van der Waals surface area (Å²) in [4.78, 5) is 14.3. The Kier molecular flexibility index (Phi) is 4.88. The predicted octanol–water partition coefficient (Wildman–Crippen LogP) is 3.11. The highest BCUT2D eigenvalue weighted by molar-refractivity contribution is 5.95. The Morgan fingerprint density at radius 1 is 1.33 bits per heavy atom. The highest BCUT2D eigenvalue weighted by atomic mass is 16.2. The summed E-state index contributed by atoms with van der Waals surface area (Å²) in [5.41, 5.74) is 7.60. The molecule has 4 heteroatoms. The lowest BCUT2D eigenvalue weighted by Gasteiger charge is -2.38. The van der Waals surface area contributed by atoms with Gasteiger partial charge in [-0.2, -0.15) is 0 Å². The third kappa shape index (κ3) is 4.46. The van der Waals surface area contributed by atoms with E-state index in [0.717, 1.165) is 0 Å². The zero-order valence-electron chi connectivity index (χ0n) is 13.4. The molecule has 0 spiro atoms. The van der Waals surface area contributed by atoms with Crippen LogP contribution in [0.5, 0.6) is 0 Å². The third-order valence-corrected chi connectivity index (χ3v) is 4.56. The van der Waals surface area contributed by atoms with Crippen molar-refractivity contribution >= 4 is 17.3 Å². The van der Waals surface area contributed by atoms with E-state index < -0.39 is 0 Å². The maximum Gasteiger partial charge on any atom is 0.238 e. The molecule has 4 nitrogen and oxygen atoms in total. The molecule has 21 heavy (non-hydrogen) atoms. The zero-order valence-corrected chi connectivity index (χ0v) is 13.4. The molecule has 3 N–H and O–H groups in total. The van der Waals surface area contributed by atoms with Gasteiger partial charge in [0.2, 0.25) is 5.91 Å². The van der Waals surface area contributed by atoms with Crippen LogP contribution in [0.1, 0.15) is 39.5 Å². The largest absolute Gasteiger partial charge is 0.397 e. The molecule has 1 fully saturated rings. The summed E-state index contributed by atoms with van der Waals surface area (Å²) in [6.45, 7) is 5.07. The fourth-order valence-electron chi connectivity index (χ4n) is 2.98. The van der Waals surface area contributed by atoms with Crippen molar-refractivity contribution in [1.82, 2.24) is 4.90 Å². The molecule has 0 radical (unpaired) electrons. The predicted molar refractivity (Wildman–Crippen MR) is 88.2 cm³/mol. The Bertz CT molecular complexity index is 489. The minimum atomic E-state index is 0.000216. The van der Waals surface area contributed by atoms with Gasteiger partial charge in [0.05, 0.1) is 17.9 Å². The molecule has 0 aliphatic heterocycles. The van der Waals surface area contributed by atoms with Crippen molar-refractivity contribution in [2.45, 2.75) is 45.6 Å². The van der Waals surface area contributed by atoms with E-state index in [1.807, 2.05) is 25.2 Å². The molecule has 1 aromatic carbocycles. The van der Waals surface area contributed by atoms with E-state index in [2.05, 4.69) is 24.1 Å². The number of hydrogen-bond acceptors (Lipinski definition) is 3. The molecule has 0 aromatic heterocycles. The lowest BCUT2D eigenvalue weighted by molar-refractivity contribution is -0.117. The van der Waals surface area contributed by atoms with Crippen molar-refractivity contribution in [2.75, 3.05) is 24.6 Å². The second-order valence-corrected chi connectivity index (χ2v) is 6.95. The van der Waals surface area contributed by atoms with Crippen LogP contribution in [0.2, 0.25) is 0 Å². The van der Waals surface area contributed by atoms with E-state index in [-0.39, 0.29) is 5.91 Å².